The van der Waals surface area contributed by atoms with Crippen LogP contribution in [0, 0.1) is 5.92 Å². The van der Waals surface area contributed by atoms with E-state index < -0.39 is 0 Å². The van der Waals surface area contributed by atoms with Crippen molar-refractivity contribution >= 4 is 0 Å². The highest BCUT2D eigenvalue weighted by atomic mass is 16.5. The summed E-state index contributed by atoms with van der Waals surface area (Å²) in [6, 6.07) is 0.474. The van der Waals surface area contributed by atoms with Crippen molar-refractivity contribution in [2.24, 2.45) is 5.92 Å². The van der Waals surface area contributed by atoms with Gasteiger partial charge in [-0.25, -0.2) is 0 Å². The van der Waals surface area contributed by atoms with Gasteiger partial charge in [0.15, 0.2) is 0 Å². The molecule has 1 aliphatic rings. The van der Waals surface area contributed by atoms with Gasteiger partial charge in [-0.1, -0.05) is 13.3 Å². The number of aliphatic hydroxyl groups excluding tert-OH is 1. The number of nitrogens with one attached hydrogen (secondary N) is 1. The Hall–Kier alpha value is -0.160. The number of ether oxygens (including phenoxy) is 1. The van der Waals surface area contributed by atoms with Gasteiger partial charge in [0.2, 0.25) is 0 Å². The third-order valence-corrected chi connectivity index (χ3v) is 4.02. The molecule has 1 saturated heterocycles. The molecule has 2 unspecified atom stereocenters. The lowest BCUT2D eigenvalue weighted by atomic mass is 9.98. The molecule has 120 valence electrons. The first-order valence-corrected chi connectivity index (χ1v) is 8.34. The molecule has 1 fully saturated rings. The van der Waals surface area contributed by atoms with E-state index in [1.54, 1.807) is 0 Å². The molecule has 1 heterocycles. The Bertz CT molecular complexity index is 231. The Labute approximate surface area is 124 Å². The number of hydrogen-bond donors (Lipinski definition) is 2. The summed E-state index contributed by atoms with van der Waals surface area (Å²) in [5.74, 6) is 0.722. The highest BCUT2D eigenvalue weighted by molar-refractivity contribution is 4.76. The second-order valence-electron chi connectivity index (χ2n) is 6.34. The van der Waals surface area contributed by atoms with Crippen LogP contribution in [0.15, 0.2) is 0 Å². The molecule has 0 aromatic carbocycles. The Morgan fingerprint density at radius 2 is 2.20 bits per heavy atom. The monoisotopic (exact) mass is 286 g/mol. The Morgan fingerprint density at radius 3 is 2.80 bits per heavy atom. The lowest BCUT2D eigenvalue weighted by molar-refractivity contribution is 0.00639. The van der Waals surface area contributed by atoms with Crippen molar-refractivity contribution in [1.29, 1.82) is 0 Å². The van der Waals surface area contributed by atoms with E-state index in [2.05, 4.69) is 31.0 Å². The molecule has 4 heteroatoms. The SMILES string of the molecule is CCCCOCC(O)CN(CC1CCCNC1)C(C)C. The fourth-order valence-electron chi connectivity index (χ4n) is 2.70. The summed E-state index contributed by atoms with van der Waals surface area (Å²) in [6.45, 7) is 11.9. The van der Waals surface area contributed by atoms with Crippen molar-refractivity contribution in [3.63, 3.8) is 0 Å². The first-order chi connectivity index (χ1) is 9.63. The summed E-state index contributed by atoms with van der Waals surface area (Å²) in [5, 5.41) is 13.6. The van der Waals surface area contributed by atoms with Crippen molar-refractivity contribution in [1.82, 2.24) is 10.2 Å². The predicted molar refractivity (Wildman–Crippen MR) is 84.0 cm³/mol. The van der Waals surface area contributed by atoms with Gasteiger partial charge in [0.1, 0.15) is 0 Å². The average molecular weight is 286 g/mol. The normalized spacial score (nSPS) is 21.6. The molecule has 0 bridgehead atoms. The third kappa shape index (κ3) is 7.58. The maximum Gasteiger partial charge on any atom is 0.0900 e. The summed E-state index contributed by atoms with van der Waals surface area (Å²) in [6.07, 6.45) is 4.43. The topological polar surface area (TPSA) is 44.7 Å². The standard InChI is InChI=1S/C16H34N2O2/c1-4-5-9-20-13-16(19)12-18(14(2)3)11-15-7-6-8-17-10-15/h14-17,19H,4-13H2,1-3H3. The van der Waals surface area contributed by atoms with E-state index in [0.717, 1.165) is 51.5 Å². The molecule has 20 heavy (non-hydrogen) atoms. The van der Waals surface area contributed by atoms with Crippen molar-refractivity contribution < 1.29 is 9.84 Å². The van der Waals surface area contributed by atoms with Gasteiger partial charge in [0.25, 0.3) is 0 Å². The number of piperidine rings is 1. The molecule has 0 amide bonds. The molecule has 0 radical (unpaired) electrons. The second kappa shape index (κ2) is 10.6. The summed E-state index contributed by atoms with van der Waals surface area (Å²) in [4.78, 5) is 2.39. The maximum atomic E-state index is 10.1. The molecular weight excluding hydrogens is 252 g/mol. The van der Waals surface area contributed by atoms with Crippen LogP contribution in [0.5, 0.6) is 0 Å². The number of aliphatic hydroxyl groups is 1. The van der Waals surface area contributed by atoms with Crippen LogP contribution in [0.25, 0.3) is 0 Å². The Kier molecular flexibility index (Phi) is 9.44. The number of rotatable bonds is 10. The highest BCUT2D eigenvalue weighted by Crippen LogP contribution is 2.14. The van der Waals surface area contributed by atoms with E-state index >= 15 is 0 Å². The smallest absolute Gasteiger partial charge is 0.0900 e. The van der Waals surface area contributed by atoms with Crippen molar-refractivity contribution in [2.75, 3.05) is 39.4 Å². The predicted octanol–water partition coefficient (Wildman–Crippen LogP) is 1.87. The molecule has 1 rings (SSSR count). The van der Waals surface area contributed by atoms with E-state index in [9.17, 15) is 5.11 Å². The fraction of sp³-hybridized carbons (Fsp3) is 1.00. The zero-order valence-corrected chi connectivity index (χ0v) is 13.6. The molecule has 1 aliphatic heterocycles. The molecule has 4 nitrogen and oxygen atoms in total. The van der Waals surface area contributed by atoms with Gasteiger partial charge in [0, 0.05) is 25.7 Å². The van der Waals surface area contributed by atoms with Crippen LogP contribution < -0.4 is 5.32 Å². The minimum atomic E-state index is -0.370. The van der Waals surface area contributed by atoms with Crippen LogP contribution in [0.2, 0.25) is 0 Å². The number of unbranched alkanes of at least 4 members (excludes halogenated alkanes) is 1. The van der Waals surface area contributed by atoms with E-state index in [4.69, 9.17) is 4.74 Å². The zero-order valence-electron chi connectivity index (χ0n) is 13.6. The third-order valence-electron chi connectivity index (χ3n) is 4.02. The summed E-state index contributed by atoms with van der Waals surface area (Å²) in [5.41, 5.74) is 0. The molecule has 0 aromatic rings. The van der Waals surface area contributed by atoms with E-state index in [1.165, 1.54) is 12.8 Å². The highest BCUT2D eigenvalue weighted by Gasteiger charge is 2.21. The number of nitrogens with zero attached hydrogens (tertiary/aromatic N) is 1. The second-order valence-corrected chi connectivity index (χ2v) is 6.34. The van der Waals surface area contributed by atoms with Crippen LogP contribution >= 0.6 is 0 Å². The van der Waals surface area contributed by atoms with E-state index in [-0.39, 0.29) is 6.10 Å². The summed E-state index contributed by atoms with van der Waals surface area (Å²) in [7, 11) is 0. The molecule has 0 aliphatic carbocycles. The van der Waals surface area contributed by atoms with Gasteiger partial charge in [-0.15, -0.1) is 0 Å². The van der Waals surface area contributed by atoms with Crippen LogP contribution in [-0.2, 0) is 4.74 Å². The van der Waals surface area contributed by atoms with Crippen LogP contribution in [-0.4, -0.2) is 61.5 Å². The molecule has 2 N–H and O–H groups in total. The van der Waals surface area contributed by atoms with E-state index in [0.29, 0.717) is 12.6 Å². The van der Waals surface area contributed by atoms with Crippen molar-refractivity contribution in [3.05, 3.63) is 0 Å². The lowest BCUT2D eigenvalue weighted by Crippen LogP contribution is -2.45. The van der Waals surface area contributed by atoms with Gasteiger partial charge in [-0.3, -0.25) is 4.90 Å². The average Bonchev–Trinajstić information content (AvgIpc) is 2.44. The molecule has 0 aromatic heterocycles. The van der Waals surface area contributed by atoms with Crippen LogP contribution in [0.4, 0.5) is 0 Å². The van der Waals surface area contributed by atoms with Gasteiger partial charge >= 0.3 is 0 Å². The fourth-order valence-corrected chi connectivity index (χ4v) is 2.70. The summed E-state index contributed by atoms with van der Waals surface area (Å²) >= 11 is 0. The minimum Gasteiger partial charge on any atom is -0.389 e. The minimum absolute atomic E-state index is 0.370. The van der Waals surface area contributed by atoms with Gasteiger partial charge < -0.3 is 15.2 Å². The first-order valence-electron chi connectivity index (χ1n) is 8.34. The zero-order chi connectivity index (χ0) is 14.8. The van der Waals surface area contributed by atoms with Gasteiger partial charge in [0.05, 0.1) is 12.7 Å². The maximum absolute atomic E-state index is 10.1. The van der Waals surface area contributed by atoms with Crippen molar-refractivity contribution in [2.45, 2.75) is 58.6 Å². The largest absolute Gasteiger partial charge is 0.389 e. The van der Waals surface area contributed by atoms with Crippen LogP contribution in [0.3, 0.4) is 0 Å². The Balaban J connectivity index is 2.26. The quantitative estimate of drug-likeness (QED) is 0.602. The van der Waals surface area contributed by atoms with Gasteiger partial charge in [-0.05, 0) is 52.1 Å². The molecule has 0 saturated carbocycles. The Morgan fingerprint density at radius 1 is 1.40 bits per heavy atom. The first kappa shape index (κ1) is 17.9. The van der Waals surface area contributed by atoms with E-state index in [1.807, 2.05) is 0 Å². The lowest BCUT2D eigenvalue weighted by Gasteiger charge is -2.34. The molecule has 0 spiro atoms. The van der Waals surface area contributed by atoms with Crippen LogP contribution in [0.1, 0.15) is 46.5 Å². The van der Waals surface area contributed by atoms with Crippen molar-refractivity contribution in [3.8, 4) is 0 Å². The number of hydrogen-bond acceptors (Lipinski definition) is 4. The molecular formula is C16H34N2O2. The van der Waals surface area contributed by atoms with Gasteiger partial charge in [-0.2, -0.15) is 0 Å². The molecule has 2 atom stereocenters. The summed E-state index contributed by atoms with van der Waals surface area (Å²) < 4.78 is 5.52.